The molecule has 2 aromatic carbocycles. The summed E-state index contributed by atoms with van der Waals surface area (Å²) in [5.41, 5.74) is 1.41. The van der Waals surface area contributed by atoms with Crippen molar-refractivity contribution in [1.82, 2.24) is 0 Å². The Morgan fingerprint density at radius 2 is 1.32 bits per heavy atom. The van der Waals surface area contributed by atoms with E-state index in [1.807, 2.05) is 52.0 Å². The first kappa shape index (κ1) is 26.3. The largest absolute Gasteiger partial charge is 0.494 e. The molecule has 0 radical (unpaired) electrons. The molecule has 1 aliphatic heterocycles. The second kappa shape index (κ2) is 10.8. The third-order valence-corrected chi connectivity index (χ3v) is 8.00. The van der Waals surface area contributed by atoms with Crippen LogP contribution in [-0.2, 0) is 22.9 Å². The Balaban J connectivity index is 0.000000357. The SMILES string of the molecule is CCOP(=O)(OCC)c1ccc(B2OC(C)(C)C(C)(C)O2)cc1.Cc1ccc(Br)cc1. The zero-order valence-corrected chi connectivity index (χ0v) is 22.0. The predicted molar refractivity (Wildman–Crippen MR) is 132 cm³/mol. The van der Waals surface area contributed by atoms with Gasteiger partial charge < -0.3 is 18.4 Å². The summed E-state index contributed by atoms with van der Waals surface area (Å²) in [7, 11) is -3.69. The summed E-state index contributed by atoms with van der Waals surface area (Å²) in [5.74, 6) is 0. The molecule has 0 aliphatic carbocycles. The normalized spacial score (nSPS) is 17.2. The minimum absolute atomic E-state index is 0.330. The van der Waals surface area contributed by atoms with Gasteiger partial charge in [-0.15, -0.1) is 0 Å². The Kier molecular flexibility index (Phi) is 9.15. The van der Waals surface area contributed by atoms with E-state index in [4.69, 9.17) is 18.4 Å². The van der Waals surface area contributed by atoms with Crippen molar-refractivity contribution in [2.75, 3.05) is 13.2 Å². The van der Waals surface area contributed by atoms with E-state index in [9.17, 15) is 4.57 Å². The number of hydrogen-bond acceptors (Lipinski definition) is 5. The summed E-state index contributed by atoms with van der Waals surface area (Å²) in [6.45, 7) is 14.4. The molecule has 170 valence electrons. The van der Waals surface area contributed by atoms with E-state index in [0.717, 1.165) is 9.94 Å². The molecule has 0 saturated carbocycles. The van der Waals surface area contributed by atoms with E-state index in [-0.39, 0.29) is 11.2 Å². The molecular formula is C23H33BBrO5P. The van der Waals surface area contributed by atoms with Crippen molar-refractivity contribution in [2.45, 2.75) is 59.7 Å². The Labute approximate surface area is 195 Å². The Morgan fingerprint density at radius 3 is 1.71 bits per heavy atom. The highest BCUT2D eigenvalue weighted by atomic mass is 79.9. The van der Waals surface area contributed by atoms with Gasteiger partial charge in [-0.2, -0.15) is 0 Å². The standard InChI is InChI=1S/C16H26BO5P.C7H7Br/c1-7-19-23(18,20-8-2)14-11-9-13(10-12-14)17-21-15(3,4)16(5,6)22-17;1-6-2-4-7(8)5-3-6/h9-12H,7-8H2,1-6H3;2-5H,1H3. The topological polar surface area (TPSA) is 54.0 Å². The maximum absolute atomic E-state index is 12.7. The zero-order valence-electron chi connectivity index (χ0n) is 19.5. The summed E-state index contributed by atoms with van der Waals surface area (Å²) in [6.07, 6.45) is 0. The third kappa shape index (κ3) is 6.77. The minimum atomic E-state index is -3.26. The zero-order chi connectivity index (χ0) is 23.3. The van der Waals surface area contributed by atoms with Crippen molar-refractivity contribution in [3.05, 3.63) is 58.6 Å². The first-order valence-corrected chi connectivity index (χ1v) is 12.8. The number of hydrogen-bond donors (Lipinski definition) is 0. The molecule has 3 rings (SSSR count). The van der Waals surface area contributed by atoms with Gasteiger partial charge in [-0.05, 0) is 78.2 Å². The van der Waals surface area contributed by atoms with Crippen molar-refractivity contribution in [1.29, 1.82) is 0 Å². The lowest BCUT2D eigenvalue weighted by molar-refractivity contribution is 0.00578. The summed E-state index contributed by atoms with van der Waals surface area (Å²) >= 11 is 3.35. The molecule has 5 nitrogen and oxygen atoms in total. The van der Waals surface area contributed by atoms with Crippen LogP contribution in [0.1, 0.15) is 47.1 Å². The van der Waals surface area contributed by atoms with Crippen LogP contribution in [0.25, 0.3) is 0 Å². The van der Waals surface area contributed by atoms with E-state index in [0.29, 0.717) is 18.5 Å². The van der Waals surface area contributed by atoms with E-state index in [1.165, 1.54) is 5.56 Å². The number of benzene rings is 2. The molecule has 1 fully saturated rings. The fourth-order valence-electron chi connectivity index (χ4n) is 2.85. The molecule has 0 bridgehead atoms. The molecule has 1 saturated heterocycles. The maximum atomic E-state index is 12.7. The van der Waals surface area contributed by atoms with E-state index in [1.54, 1.807) is 26.0 Å². The van der Waals surface area contributed by atoms with Crippen molar-refractivity contribution in [2.24, 2.45) is 0 Å². The summed E-state index contributed by atoms with van der Waals surface area (Å²) < 4.78 is 36.6. The van der Waals surface area contributed by atoms with Crippen molar-refractivity contribution < 1.29 is 22.9 Å². The number of rotatable bonds is 6. The highest BCUT2D eigenvalue weighted by Crippen LogP contribution is 2.46. The lowest BCUT2D eigenvalue weighted by Gasteiger charge is -2.32. The molecule has 0 amide bonds. The second-order valence-corrected chi connectivity index (χ2v) is 11.3. The van der Waals surface area contributed by atoms with Crippen LogP contribution >= 0.6 is 23.5 Å². The van der Waals surface area contributed by atoms with Crippen LogP contribution in [0.3, 0.4) is 0 Å². The van der Waals surface area contributed by atoms with Gasteiger partial charge in [0.25, 0.3) is 0 Å². The molecule has 0 atom stereocenters. The first-order valence-electron chi connectivity index (χ1n) is 10.5. The van der Waals surface area contributed by atoms with E-state index < -0.39 is 14.7 Å². The lowest BCUT2D eigenvalue weighted by atomic mass is 9.79. The van der Waals surface area contributed by atoms with Gasteiger partial charge >= 0.3 is 14.7 Å². The molecule has 1 aliphatic rings. The van der Waals surface area contributed by atoms with Crippen LogP contribution in [0, 0.1) is 6.92 Å². The van der Waals surface area contributed by atoms with E-state index in [2.05, 4.69) is 35.0 Å². The summed E-state index contributed by atoms with van der Waals surface area (Å²) in [5, 5.41) is 0.543. The summed E-state index contributed by atoms with van der Waals surface area (Å²) in [6, 6.07) is 15.4. The second-order valence-electron chi connectivity index (χ2n) is 8.31. The van der Waals surface area contributed by atoms with Crippen LogP contribution in [0.15, 0.2) is 53.0 Å². The fourth-order valence-corrected chi connectivity index (χ4v) is 4.68. The van der Waals surface area contributed by atoms with Crippen molar-refractivity contribution in [3.63, 3.8) is 0 Å². The van der Waals surface area contributed by atoms with E-state index >= 15 is 0 Å². The van der Waals surface area contributed by atoms with Crippen molar-refractivity contribution in [3.8, 4) is 0 Å². The van der Waals surface area contributed by atoms with Crippen LogP contribution < -0.4 is 10.8 Å². The molecule has 1 heterocycles. The average molecular weight is 511 g/mol. The van der Waals surface area contributed by atoms with Crippen LogP contribution in [0.5, 0.6) is 0 Å². The highest BCUT2D eigenvalue weighted by Gasteiger charge is 2.51. The molecule has 2 aromatic rings. The van der Waals surface area contributed by atoms with Crippen LogP contribution in [-0.4, -0.2) is 31.5 Å². The molecule has 8 heteroatoms. The van der Waals surface area contributed by atoms with Crippen LogP contribution in [0.2, 0.25) is 0 Å². The smallest absolute Gasteiger partial charge is 0.399 e. The average Bonchev–Trinajstić information content (AvgIpc) is 2.92. The Bertz CT molecular complexity index is 837. The minimum Gasteiger partial charge on any atom is -0.399 e. The number of aryl methyl sites for hydroxylation is 1. The van der Waals surface area contributed by atoms with Crippen LogP contribution in [0.4, 0.5) is 0 Å². The van der Waals surface area contributed by atoms with Gasteiger partial charge in [0.1, 0.15) is 0 Å². The summed E-state index contributed by atoms with van der Waals surface area (Å²) in [4.78, 5) is 0. The van der Waals surface area contributed by atoms with Gasteiger partial charge in [0, 0.05) is 4.47 Å². The molecule has 0 aromatic heterocycles. The quantitative estimate of drug-likeness (QED) is 0.372. The van der Waals surface area contributed by atoms with Gasteiger partial charge in [0.2, 0.25) is 0 Å². The van der Waals surface area contributed by atoms with Crippen molar-refractivity contribution >= 4 is 41.4 Å². The van der Waals surface area contributed by atoms with Gasteiger partial charge in [-0.25, -0.2) is 0 Å². The molecule has 31 heavy (non-hydrogen) atoms. The third-order valence-electron chi connectivity index (χ3n) is 5.34. The Morgan fingerprint density at radius 1 is 0.871 bits per heavy atom. The lowest BCUT2D eigenvalue weighted by Crippen LogP contribution is -2.41. The van der Waals surface area contributed by atoms with Gasteiger partial charge in [0.05, 0.1) is 29.7 Å². The molecular weight excluding hydrogens is 478 g/mol. The number of halogens is 1. The Hall–Kier alpha value is -0.945. The van der Waals surface area contributed by atoms with Gasteiger partial charge in [0.15, 0.2) is 0 Å². The molecule has 0 unspecified atom stereocenters. The first-order chi connectivity index (χ1) is 14.4. The monoisotopic (exact) mass is 510 g/mol. The predicted octanol–water partition coefficient (Wildman–Crippen LogP) is 5.63. The fraction of sp³-hybridized carbons (Fsp3) is 0.478. The van der Waals surface area contributed by atoms with Gasteiger partial charge in [-0.3, -0.25) is 4.57 Å². The molecule has 0 spiro atoms. The molecule has 0 N–H and O–H groups in total. The highest BCUT2D eigenvalue weighted by molar-refractivity contribution is 9.10. The van der Waals surface area contributed by atoms with Gasteiger partial charge in [-0.1, -0.05) is 45.8 Å². The maximum Gasteiger partial charge on any atom is 0.494 e.